The quantitative estimate of drug-likeness (QED) is 0.0969. The number of azo groups is 2. The molecule has 0 bridgehead atoms. The van der Waals surface area contributed by atoms with E-state index in [4.69, 9.17) is 0 Å². The Kier molecular flexibility index (Phi) is 11.0. The van der Waals surface area contributed by atoms with Gasteiger partial charge in [0, 0.05) is 35.5 Å². The fourth-order valence-electron chi connectivity index (χ4n) is 4.32. The average Bonchev–Trinajstić information content (AvgIpc) is 3.37. The molecule has 2 N–H and O–H groups in total. The SMILES string of the molecule is Cc1nn(-c2ccccc2)c([O-])c1N=Nc1cc([N+](=O)[O-])ccc1[O-].O=[N+]([O-])c1ccc(O)c(N=Nc2c(O)ccc3ccccc23)c1.[Cr+3]. The first kappa shape index (κ1) is 35.2. The number of aryl methyl sites for hydroxylation is 1. The number of non-ortho nitro benzene ring substituents is 2. The largest absolute Gasteiger partial charge is 3.00 e. The van der Waals surface area contributed by atoms with Crippen LogP contribution >= 0.6 is 0 Å². The minimum atomic E-state index is -0.643. The topological polar surface area (TPSA) is 240 Å². The van der Waals surface area contributed by atoms with Crippen molar-refractivity contribution >= 4 is 44.9 Å². The minimum absolute atomic E-state index is 0. The van der Waals surface area contributed by atoms with Gasteiger partial charge in [-0.1, -0.05) is 60.3 Å². The van der Waals surface area contributed by atoms with Gasteiger partial charge in [-0.25, -0.2) is 4.68 Å². The van der Waals surface area contributed by atoms with E-state index in [1.54, 1.807) is 49.4 Å². The van der Waals surface area contributed by atoms with E-state index < -0.39 is 21.5 Å². The number of aromatic hydroxyl groups is 2. The van der Waals surface area contributed by atoms with Crippen molar-refractivity contribution in [3.63, 3.8) is 0 Å². The maximum atomic E-state index is 12.4. The molecular formula is C32H22CrN8O8+. The van der Waals surface area contributed by atoms with E-state index >= 15 is 0 Å². The second-order valence-corrected chi connectivity index (χ2v) is 9.88. The van der Waals surface area contributed by atoms with Gasteiger partial charge in [-0.3, -0.25) is 20.2 Å². The summed E-state index contributed by atoms with van der Waals surface area (Å²) in [5.41, 5.74) is 0.328. The van der Waals surface area contributed by atoms with E-state index in [9.17, 15) is 40.7 Å². The minimum Gasteiger partial charge on any atom is -0.871 e. The van der Waals surface area contributed by atoms with E-state index in [1.807, 2.05) is 18.2 Å². The van der Waals surface area contributed by atoms with E-state index in [-0.39, 0.29) is 63.0 Å². The summed E-state index contributed by atoms with van der Waals surface area (Å²) in [5.74, 6) is -1.34. The van der Waals surface area contributed by atoms with Gasteiger partial charge >= 0.3 is 17.4 Å². The summed E-state index contributed by atoms with van der Waals surface area (Å²) >= 11 is 0. The molecule has 1 radical (unpaired) electrons. The average molecular weight is 699 g/mol. The Hall–Kier alpha value is -6.70. The fraction of sp³-hybridized carbons (Fsp3) is 0.0312. The predicted octanol–water partition coefficient (Wildman–Crippen LogP) is 7.22. The van der Waals surface area contributed by atoms with Crippen molar-refractivity contribution in [2.75, 3.05) is 0 Å². The van der Waals surface area contributed by atoms with Gasteiger partial charge in [0.25, 0.3) is 11.4 Å². The Labute approximate surface area is 287 Å². The Morgan fingerprint density at radius 1 is 0.673 bits per heavy atom. The van der Waals surface area contributed by atoms with Crippen molar-refractivity contribution < 1.29 is 47.6 Å². The number of aromatic nitrogens is 2. The number of benzene rings is 5. The van der Waals surface area contributed by atoms with Gasteiger partial charge in [0.2, 0.25) is 0 Å². The first-order chi connectivity index (χ1) is 23.0. The second-order valence-electron chi connectivity index (χ2n) is 9.88. The summed E-state index contributed by atoms with van der Waals surface area (Å²) in [6.07, 6.45) is 0. The molecule has 0 unspecified atom stereocenters. The Bertz CT molecular complexity index is 2230. The predicted molar refractivity (Wildman–Crippen MR) is 169 cm³/mol. The summed E-state index contributed by atoms with van der Waals surface area (Å²) in [4.78, 5) is 20.3. The molecule has 1 heterocycles. The standard InChI is InChI=1S/C16H13N5O4.C16H11N3O4.Cr/c1-10-15(16(23)20(19-10)11-5-3-2-4-6-11)18-17-13-9-12(21(24)25)7-8-14(13)22;20-14-8-6-11(19(22)23)9-13(14)17-18-16-12-4-2-1-3-10(12)5-7-15(16)21;/h2-9,22-23H,1H3;1-9,20-21H;/q;;+3/p-2. The third-order valence-corrected chi connectivity index (χ3v) is 6.71. The normalized spacial score (nSPS) is 10.9. The van der Waals surface area contributed by atoms with Crippen LogP contribution in [0.15, 0.2) is 124 Å². The van der Waals surface area contributed by atoms with Crippen LogP contribution in [0.3, 0.4) is 0 Å². The molecule has 49 heavy (non-hydrogen) atoms. The molecule has 5 aromatic carbocycles. The number of phenolic OH excluding ortho intramolecular Hbond substituents is 2. The summed E-state index contributed by atoms with van der Waals surface area (Å²) < 4.78 is 1.18. The van der Waals surface area contributed by atoms with Crippen LogP contribution in [0.1, 0.15) is 5.69 Å². The molecule has 0 amide bonds. The number of hydrogen-bond donors (Lipinski definition) is 2. The molecule has 243 valence electrons. The summed E-state index contributed by atoms with van der Waals surface area (Å²) in [6.45, 7) is 1.58. The maximum absolute atomic E-state index is 12.4. The number of para-hydroxylation sites is 1. The Morgan fingerprint density at radius 3 is 1.94 bits per heavy atom. The zero-order valence-corrected chi connectivity index (χ0v) is 26.4. The molecule has 0 aliphatic rings. The molecule has 6 rings (SSSR count). The Balaban J connectivity index is 0.000000217. The molecule has 17 heteroatoms. The van der Waals surface area contributed by atoms with Gasteiger partial charge in [0.05, 0.1) is 26.9 Å². The summed E-state index contributed by atoms with van der Waals surface area (Å²) in [7, 11) is 0. The molecule has 6 aromatic rings. The molecule has 0 spiro atoms. The molecule has 1 aromatic heterocycles. The molecule has 16 nitrogen and oxygen atoms in total. The van der Waals surface area contributed by atoms with Gasteiger partial charge in [-0.15, -0.1) is 15.3 Å². The number of nitrogens with zero attached hydrogens (tertiary/aromatic N) is 8. The number of rotatable bonds is 7. The summed E-state index contributed by atoms with van der Waals surface area (Å²) in [6, 6.07) is 25.9. The number of nitro benzene ring substituents is 2. The van der Waals surface area contributed by atoms with E-state index in [0.717, 1.165) is 29.7 Å². The van der Waals surface area contributed by atoms with Crippen LogP contribution in [0.5, 0.6) is 23.1 Å². The second kappa shape index (κ2) is 15.3. The van der Waals surface area contributed by atoms with Crippen LogP contribution in [-0.4, -0.2) is 29.8 Å². The van der Waals surface area contributed by atoms with Crippen LogP contribution in [0.4, 0.5) is 34.1 Å². The summed E-state index contributed by atoms with van der Waals surface area (Å²) in [5, 5.41) is 86.4. The maximum Gasteiger partial charge on any atom is 3.00 e. The van der Waals surface area contributed by atoms with Gasteiger partial charge in [-0.05, 0) is 36.6 Å². The van der Waals surface area contributed by atoms with Gasteiger partial charge < -0.3 is 20.4 Å². The third kappa shape index (κ3) is 8.00. The van der Waals surface area contributed by atoms with Crippen molar-refractivity contribution in [3.8, 4) is 28.8 Å². The molecule has 0 aliphatic carbocycles. The number of nitro groups is 2. The molecule has 0 atom stereocenters. The number of phenols is 2. The molecular weight excluding hydrogens is 676 g/mol. The molecule has 0 fully saturated rings. The van der Waals surface area contributed by atoms with Crippen molar-refractivity contribution in [3.05, 3.63) is 129 Å². The van der Waals surface area contributed by atoms with Crippen molar-refractivity contribution in [1.29, 1.82) is 0 Å². The van der Waals surface area contributed by atoms with E-state index in [2.05, 4.69) is 25.6 Å². The third-order valence-electron chi connectivity index (χ3n) is 6.71. The smallest absolute Gasteiger partial charge is 0.871 e. The van der Waals surface area contributed by atoms with Crippen LogP contribution in [0, 0.1) is 27.2 Å². The molecule has 0 aliphatic heterocycles. The van der Waals surface area contributed by atoms with E-state index in [1.165, 1.54) is 22.9 Å². The van der Waals surface area contributed by atoms with Crippen LogP contribution in [0.25, 0.3) is 16.5 Å². The van der Waals surface area contributed by atoms with Gasteiger partial charge in [-0.2, -0.15) is 10.2 Å². The zero-order valence-electron chi connectivity index (χ0n) is 25.1. The molecule has 0 saturated carbocycles. The first-order valence-corrected chi connectivity index (χ1v) is 13.8. The van der Waals surface area contributed by atoms with Crippen LogP contribution in [0.2, 0.25) is 0 Å². The zero-order chi connectivity index (χ0) is 34.4. The van der Waals surface area contributed by atoms with Crippen LogP contribution < -0.4 is 10.2 Å². The van der Waals surface area contributed by atoms with Crippen molar-refractivity contribution in [1.82, 2.24) is 9.78 Å². The Morgan fingerprint density at radius 2 is 1.24 bits per heavy atom. The van der Waals surface area contributed by atoms with Crippen LogP contribution in [-0.2, 0) is 17.4 Å². The monoisotopic (exact) mass is 698 g/mol. The first-order valence-electron chi connectivity index (χ1n) is 13.8. The van der Waals surface area contributed by atoms with Crippen molar-refractivity contribution in [2.45, 2.75) is 6.92 Å². The van der Waals surface area contributed by atoms with Gasteiger partial charge in [0.15, 0.2) is 0 Å². The molecule has 0 saturated heterocycles. The van der Waals surface area contributed by atoms with Gasteiger partial charge in [0.1, 0.15) is 28.6 Å². The number of fused-ring (bicyclic) bond motifs is 1. The van der Waals surface area contributed by atoms with E-state index in [0.29, 0.717) is 16.8 Å². The fourth-order valence-corrected chi connectivity index (χ4v) is 4.32. The number of hydrogen-bond acceptors (Lipinski definition) is 13. The van der Waals surface area contributed by atoms with Crippen molar-refractivity contribution in [2.24, 2.45) is 20.5 Å².